The van der Waals surface area contributed by atoms with Gasteiger partial charge in [0.15, 0.2) is 0 Å². The van der Waals surface area contributed by atoms with Crippen molar-refractivity contribution in [2.75, 3.05) is 0 Å². The molecule has 25 heavy (non-hydrogen) atoms. The van der Waals surface area contributed by atoms with Crippen molar-refractivity contribution < 1.29 is 9.90 Å². The molecule has 0 radical (unpaired) electrons. The van der Waals surface area contributed by atoms with Crippen LogP contribution in [0.3, 0.4) is 0 Å². The summed E-state index contributed by atoms with van der Waals surface area (Å²) in [5.74, 6) is 2.70. The second-order valence-corrected chi connectivity index (χ2v) is 10.3. The van der Waals surface area contributed by atoms with Gasteiger partial charge in [-0.15, -0.1) is 0 Å². The molecule has 3 unspecified atom stereocenters. The molecule has 3 fully saturated rings. The van der Waals surface area contributed by atoms with Crippen LogP contribution in [0.1, 0.15) is 85.5 Å². The first kappa shape index (κ1) is 17.8. The number of hydrogen-bond acceptors (Lipinski definition) is 2. The summed E-state index contributed by atoms with van der Waals surface area (Å²) in [5.41, 5.74) is 1.93. The van der Waals surface area contributed by atoms with Crippen molar-refractivity contribution in [3.8, 4) is 0 Å². The number of ketones is 1. The third-order valence-corrected chi connectivity index (χ3v) is 9.62. The molecule has 0 amide bonds. The Morgan fingerprint density at radius 3 is 2.56 bits per heavy atom. The van der Waals surface area contributed by atoms with Crippen LogP contribution >= 0.6 is 0 Å². The lowest BCUT2D eigenvalue weighted by Crippen LogP contribution is -2.53. The fourth-order valence-electron chi connectivity index (χ4n) is 7.76. The lowest BCUT2D eigenvalue weighted by atomic mass is 9.45. The molecule has 3 saturated carbocycles. The zero-order valence-electron chi connectivity index (χ0n) is 16.6. The third-order valence-electron chi connectivity index (χ3n) is 9.62. The van der Waals surface area contributed by atoms with E-state index in [1.165, 1.54) is 25.7 Å². The summed E-state index contributed by atoms with van der Waals surface area (Å²) in [5, 5.41) is 10.1. The Morgan fingerprint density at radius 2 is 1.84 bits per heavy atom. The van der Waals surface area contributed by atoms with E-state index < -0.39 is 0 Å². The number of aliphatic hydroxyl groups excluding tert-OH is 1. The second-order valence-electron chi connectivity index (χ2n) is 10.3. The number of carbonyl (C=O) groups is 1. The van der Waals surface area contributed by atoms with Gasteiger partial charge in [0.05, 0.1) is 6.10 Å². The van der Waals surface area contributed by atoms with E-state index in [9.17, 15) is 9.90 Å². The van der Waals surface area contributed by atoms with Crippen molar-refractivity contribution in [1.29, 1.82) is 0 Å². The van der Waals surface area contributed by atoms with Crippen LogP contribution in [0.25, 0.3) is 0 Å². The molecule has 0 saturated heterocycles. The molecule has 1 N–H and O–H groups in total. The summed E-state index contributed by atoms with van der Waals surface area (Å²) in [6.07, 6.45) is 12.1. The Morgan fingerprint density at radius 1 is 1.12 bits per heavy atom. The van der Waals surface area contributed by atoms with E-state index in [4.69, 9.17) is 0 Å². The van der Waals surface area contributed by atoms with Crippen molar-refractivity contribution in [3.05, 3.63) is 11.6 Å². The molecule has 2 nitrogen and oxygen atoms in total. The van der Waals surface area contributed by atoms with Crippen molar-refractivity contribution in [2.24, 2.45) is 34.0 Å². The highest BCUT2D eigenvalue weighted by Gasteiger charge is 2.63. The summed E-state index contributed by atoms with van der Waals surface area (Å²) >= 11 is 0. The van der Waals surface area contributed by atoms with E-state index in [1.54, 1.807) is 5.57 Å². The van der Waals surface area contributed by atoms with Gasteiger partial charge >= 0.3 is 0 Å². The molecule has 0 heterocycles. The maximum atomic E-state index is 12.8. The van der Waals surface area contributed by atoms with Gasteiger partial charge in [-0.1, -0.05) is 39.3 Å². The Bertz CT molecular complexity index is 607. The monoisotopic (exact) mass is 344 g/mol. The van der Waals surface area contributed by atoms with Crippen LogP contribution in [0.5, 0.6) is 0 Å². The molecule has 4 aliphatic carbocycles. The number of Topliss-reactive ketones (excluding diaryl/α,β-unsaturated/α-hetero) is 1. The van der Waals surface area contributed by atoms with Crippen LogP contribution in [-0.4, -0.2) is 17.0 Å². The molecule has 0 aromatic heterocycles. The molecule has 4 rings (SSSR count). The normalized spacial score (nSPS) is 52.0. The topological polar surface area (TPSA) is 37.3 Å². The molecule has 7 atom stereocenters. The van der Waals surface area contributed by atoms with Gasteiger partial charge in [0.25, 0.3) is 0 Å². The van der Waals surface area contributed by atoms with Gasteiger partial charge in [-0.25, -0.2) is 0 Å². The van der Waals surface area contributed by atoms with Crippen molar-refractivity contribution in [1.82, 2.24) is 0 Å². The van der Waals surface area contributed by atoms with E-state index in [1.807, 2.05) is 6.92 Å². The van der Waals surface area contributed by atoms with Crippen LogP contribution in [0.2, 0.25) is 0 Å². The number of carbonyl (C=O) groups excluding carboxylic acids is 1. The van der Waals surface area contributed by atoms with E-state index >= 15 is 0 Å². The zero-order valence-corrected chi connectivity index (χ0v) is 16.6. The summed E-state index contributed by atoms with van der Waals surface area (Å²) in [7, 11) is 0. The molecular weight excluding hydrogens is 308 g/mol. The smallest absolute Gasteiger partial charge is 0.139 e. The Hall–Kier alpha value is -0.630. The van der Waals surface area contributed by atoms with Crippen LogP contribution in [0.4, 0.5) is 0 Å². The van der Waals surface area contributed by atoms with Crippen molar-refractivity contribution in [2.45, 2.75) is 91.6 Å². The quantitative estimate of drug-likeness (QED) is 0.691. The van der Waals surface area contributed by atoms with Gasteiger partial charge in [-0.05, 0) is 80.0 Å². The second kappa shape index (κ2) is 5.68. The van der Waals surface area contributed by atoms with E-state index in [0.717, 1.165) is 37.5 Å². The van der Waals surface area contributed by atoms with Crippen LogP contribution in [-0.2, 0) is 4.79 Å². The van der Waals surface area contributed by atoms with Crippen LogP contribution in [0, 0.1) is 34.0 Å². The average molecular weight is 345 g/mol. The molecule has 0 aromatic rings. The molecular formula is C23H36O2. The molecule has 4 aliphatic rings. The zero-order chi connectivity index (χ0) is 18.0. The Labute approximate surface area is 153 Å². The Balaban J connectivity index is 1.68. The molecule has 0 aromatic carbocycles. The molecule has 2 heteroatoms. The predicted molar refractivity (Wildman–Crippen MR) is 101 cm³/mol. The number of rotatable bonds is 2. The minimum Gasteiger partial charge on any atom is -0.393 e. The largest absolute Gasteiger partial charge is 0.393 e. The maximum absolute atomic E-state index is 12.8. The maximum Gasteiger partial charge on any atom is 0.139 e. The number of aliphatic hydroxyl groups is 1. The fraction of sp³-hybridized carbons (Fsp3) is 0.870. The van der Waals surface area contributed by atoms with Gasteiger partial charge in [-0.3, -0.25) is 4.79 Å². The molecule has 0 bridgehead atoms. The lowest BCUT2D eigenvalue weighted by Gasteiger charge is -2.59. The highest BCUT2D eigenvalue weighted by Crippen LogP contribution is 2.69. The SMILES string of the molecule is CCC(=O)[C@@]1(C)CCC2C3CC=C4C[C@@H](O)CC[C@]4(C)C3CC[C@@]21C. The summed E-state index contributed by atoms with van der Waals surface area (Å²) < 4.78 is 0. The van der Waals surface area contributed by atoms with E-state index in [-0.39, 0.29) is 16.9 Å². The highest BCUT2D eigenvalue weighted by atomic mass is 16.3. The van der Waals surface area contributed by atoms with E-state index in [2.05, 4.69) is 26.8 Å². The fourth-order valence-corrected chi connectivity index (χ4v) is 7.76. The standard InChI is InChI=1S/C23H36O2/c1-5-20(25)23(4)13-10-19-17-7-6-15-14-16(24)8-11-21(15,2)18(17)9-12-22(19,23)3/h6,16-19,24H,5,7-14H2,1-4H3/t16-,17?,18?,19?,21-,22-,23+/m0/s1. The molecule has 140 valence electrons. The summed E-state index contributed by atoms with van der Waals surface area (Å²) in [4.78, 5) is 12.8. The molecule has 0 aliphatic heterocycles. The summed E-state index contributed by atoms with van der Waals surface area (Å²) in [6.45, 7) is 9.25. The highest BCUT2D eigenvalue weighted by molar-refractivity contribution is 5.85. The summed E-state index contributed by atoms with van der Waals surface area (Å²) in [6, 6.07) is 0. The van der Waals surface area contributed by atoms with Gasteiger partial charge in [0.2, 0.25) is 0 Å². The minimum absolute atomic E-state index is 0.106. The third kappa shape index (κ3) is 2.22. The predicted octanol–water partition coefficient (Wildman–Crippen LogP) is 5.30. The van der Waals surface area contributed by atoms with Gasteiger partial charge in [0, 0.05) is 11.8 Å². The molecule has 0 spiro atoms. The first-order valence-electron chi connectivity index (χ1n) is 10.7. The Kier molecular flexibility index (Phi) is 4.04. The average Bonchev–Trinajstić information content (AvgIpc) is 2.87. The van der Waals surface area contributed by atoms with Crippen molar-refractivity contribution >= 4 is 5.78 Å². The van der Waals surface area contributed by atoms with Crippen LogP contribution in [0.15, 0.2) is 11.6 Å². The van der Waals surface area contributed by atoms with E-state index in [0.29, 0.717) is 23.5 Å². The number of allylic oxidation sites excluding steroid dienone is 1. The number of hydrogen-bond donors (Lipinski definition) is 1. The first-order valence-corrected chi connectivity index (χ1v) is 10.7. The van der Waals surface area contributed by atoms with Crippen molar-refractivity contribution in [3.63, 3.8) is 0 Å². The van der Waals surface area contributed by atoms with Gasteiger partial charge in [-0.2, -0.15) is 0 Å². The lowest BCUT2D eigenvalue weighted by molar-refractivity contribution is -0.140. The van der Waals surface area contributed by atoms with Gasteiger partial charge in [0.1, 0.15) is 5.78 Å². The minimum atomic E-state index is -0.123. The number of fused-ring (bicyclic) bond motifs is 5. The van der Waals surface area contributed by atoms with Crippen LogP contribution < -0.4 is 0 Å². The van der Waals surface area contributed by atoms with Gasteiger partial charge < -0.3 is 5.11 Å². The first-order chi connectivity index (χ1) is 11.8.